The molecular formula is C14H24N2O. The number of aromatic nitrogens is 1. The second kappa shape index (κ2) is 6.60. The first kappa shape index (κ1) is 14.0. The van der Waals surface area contributed by atoms with E-state index >= 15 is 0 Å². The van der Waals surface area contributed by atoms with Crippen molar-refractivity contribution in [2.24, 2.45) is 5.92 Å². The van der Waals surface area contributed by atoms with E-state index < -0.39 is 0 Å². The minimum Gasteiger partial charge on any atom is -0.392 e. The van der Waals surface area contributed by atoms with E-state index in [1.807, 2.05) is 12.1 Å². The summed E-state index contributed by atoms with van der Waals surface area (Å²) in [5, 5.41) is 9.27. The first-order chi connectivity index (χ1) is 8.10. The number of aliphatic hydroxyl groups excluding tert-OH is 1. The Morgan fingerprint density at radius 2 is 2.00 bits per heavy atom. The minimum atomic E-state index is 0.0851. The number of hydrogen-bond acceptors (Lipinski definition) is 3. The van der Waals surface area contributed by atoms with Crippen LogP contribution >= 0.6 is 0 Å². The molecule has 3 nitrogen and oxygen atoms in total. The van der Waals surface area contributed by atoms with E-state index in [1.165, 1.54) is 0 Å². The predicted octanol–water partition coefficient (Wildman–Crippen LogP) is 2.62. The van der Waals surface area contributed by atoms with Crippen LogP contribution in [0.25, 0.3) is 0 Å². The maximum absolute atomic E-state index is 9.27. The highest BCUT2D eigenvalue weighted by Crippen LogP contribution is 2.17. The van der Waals surface area contributed by atoms with Crippen LogP contribution in [-0.2, 0) is 13.0 Å². The molecule has 1 aromatic rings. The Morgan fingerprint density at radius 1 is 1.29 bits per heavy atom. The van der Waals surface area contributed by atoms with Crippen molar-refractivity contribution in [1.29, 1.82) is 0 Å². The molecule has 17 heavy (non-hydrogen) atoms. The molecule has 1 aromatic heterocycles. The quantitative estimate of drug-likeness (QED) is 0.825. The third-order valence-electron chi connectivity index (χ3n) is 2.76. The first-order valence-corrected chi connectivity index (χ1v) is 6.46. The lowest BCUT2D eigenvalue weighted by Crippen LogP contribution is -2.28. The van der Waals surface area contributed by atoms with E-state index in [9.17, 15) is 5.11 Å². The second-order valence-corrected chi connectivity index (χ2v) is 4.77. The highest BCUT2D eigenvalue weighted by molar-refractivity contribution is 5.42. The van der Waals surface area contributed by atoms with Crippen LogP contribution in [0.5, 0.6) is 0 Å². The van der Waals surface area contributed by atoms with Crippen LogP contribution < -0.4 is 4.90 Å². The second-order valence-electron chi connectivity index (χ2n) is 4.77. The molecule has 0 radical (unpaired) electrons. The first-order valence-electron chi connectivity index (χ1n) is 6.46. The molecule has 0 bridgehead atoms. The summed E-state index contributed by atoms with van der Waals surface area (Å²) in [6.45, 7) is 10.7. The Bertz CT molecular complexity index is 328. The van der Waals surface area contributed by atoms with E-state index in [0.717, 1.165) is 36.6 Å². The Balaban J connectivity index is 3.00. The zero-order chi connectivity index (χ0) is 12.8. The summed E-state index contributed by atoms with van der Waals surface area (Å²) in [6, 6.07) is 3.97. The van der Waals surface area contributed by atoms with Crippen LogP contribution in [0, 0.1) is 5.92 Å². The van der Waals surface area contributed by atoms with Gasteiger partial charge in [-0.3, -0.25) is 0 Å². The largest absolute Gasteiger partial charge is 0.392 e. The monoisotopic (exact) mass is 236 g/mol. The molecular weight excluding hydrogens is 212 g/mol. The van der Waals surface area contributed by atoms with Gasteiger partial charge in [-0.05, 0) is 37.0 Å². The summed E-state index contributed by atoms with van der Waals surface area (Å²) >= 11 is 0. The molecule has 1 heterocycles. The van der Waals surface area contributed by atoms with Crippen molar-refractivity contribution in [3.05, 3.63) is 23.4 Å². The zero-order valence-electron chi connectivity index (χ0n) is 11.4. The van der Waals surface area contributed by atoms with Gasteiger partial charge in [0.15, 0.2) is 0 Å². The van der Waals surface area contributed by atoms with Gasteiger partial charge < -0.3 is 10.0 Å². The van der Waals surface area contributed by atoms with Gasteiger partial charge >= 0.3 is 0 Å². The van der Waals surface area contributed by atoms with Crippen molar-refractivity contribution in [3.8, 4) is 0 Å². The van der Waals surface area contributed by atoms with Crippen molar-refractivity contribution in [2.75, 3.05) is 18.0 Å². The molecule has 96 valence electrons. The van der Waals surface area contributed by atoms with Gasteiger partial charge in [0.2, 0.25) is 0 Å². The Hall–Kier alpha value is -1.09. The van der Waals surface area contributed by atoms with Crippen molar-refractivity contribution in [3.63, 3.8) is 0 Å². The minimum absolute atomic E-state index is 0.0851. The maximum atomic E-state index is 9.27. The van der Waals surface area contributed by atoms with Crippen LogP contribution in [0.3, 0.4) is 0 Å². The van der Waals surface area contributed by atoms with Gasteiger partial charge in [-0.1, -0.05) is 20.8 Å². The summed E-state index contributed by atoms with van der Waals surface area (Å²) in [5.74, 6) is 1.60. The van der Waals surface area contributed by atoms with Gasteiger partial charge in [0.1, 0.15) is 5.82 Å². The van der Waals surface area contributed by atoms with E-state index in [-0.39, 0.29) is 6.61 Å². The lowest BCUT2D eigenvalue weighted by molar-refractivity contribution is 0.281. The lowest BCUT2D eigenvalue weighted by Gasteiger charge is -2.25. The molecule has 0 unspecified atom stereocenters. The fourth-order valence-corrected chi connectivity index (χ4v) is 1.89. The van der Waals surface area contributed by atoms with Crippen LogP contribution in [0.15, 0.2) is 12.1 Å². The highest BCUT2D eigenvalue weighted by Gasteiger charge is 2.10. The fraction of sp³-hybridized carbons (Fsp3) is 0.643. The number of aliphatic hydroxyl groups is 1. The molecule has 0 saturated carbocycles. The Labute approximate surface area is 104 Å². The summed E-state index contributed by atoms with van der Waals surface area (Å²) < 4.78 is 0. The van der Waals surface area contributed by atoms with Gasteiger partial charge in [0.25, 0.3) is 0 Å². The number of hydrogen-bond donors (Lipinski definition) is 1. The Kier molecular flexibility index (Phi) is 5.42. The summed E-state index contributed by atoms with van der Waals surface area (Å²) in [5.41, 5.74) is 2.00. The standard InChI is InChI=1S/C14H24N2O/c1-5-13-7-12(10-17)8-14(15-13)16(6-2)9-11(3)4/h7-8,11,17H,5-6,9-10H2,1-4H3. The van der Waals surface area contributed by atoms with Crippen LogP contribution in [0.1, 0.15) is 39.0 Å². The lowest BCUT2D eigenvalue weighted by atomic mass is 10.1. The fourth-order valence-electron chi connectivity index (χ4n) is 1.89. The van der Waals surface area contributed by atoms with E-state index in [2.05, 4.69) is 37.6 Å². The average molecular weight is 236 g/mol. The molecule has 0 aromatic carbocycles. The molecule has 0 aliphatic heterocycles. The number of nitrogens with zero attached hydrogens (tertiary/aromatic N) is 2. The summed E-state index contributed by atoms with van der Waals surface area (Å²) in [6.07, 6.45) is 0.903. The maximum Gasteiger partial charge on any atom is 0.129 e. The molecule has 0 spiro atoms. The smallest absolute Gasteiger partial charge is 0.129 e. The van der Waals surface area contributed by atoms with Crippen LogP contribution in [0.2, 0.25) is 0 Å². The normalized spacial score (nSPS) is 10.9. The molecule has 0 saturated heterocycles. The van der Waals surface area contributed by atoms with E-state index in [1.54, 1.807) is 0 Å². The molecule has 0 fully saturated rings. The number of rotatable bonds is 6. The third kappa shape index (κ3) is 4.00. The number of aryl methyl sites for hydroxylation is 1. The van der Waals surface area contributed by atoms with Crippen LogP contribution in [0.4, 0.5) is 5.82 Å². The molecule has 1 rings (SSSR count). The van der Waals surface area contributed by atoms with Crippen molar-refractivity contribution in [2.45, 2.75) is 40.7 Å². The van der Waals surface area contributed by atoms with Crippen molar-refractivity contribution < 1.29 is 5.11 Å². The van der Waals surface area contributed by atoms with Gasteiger partial charge in [-0.25, -0.2) is 4.98 Å². The average Bonchev–Trinajstić information content (AvgIpc) is 2.34. The zero-order valence-corrected chi connectivity index (χ0v) is 11.4. The van der Waals surface area contributed by atoms with E-state index in [0.29, 0.717) is 5.92 Å². The summed E-state index contributed by atoms with van der Waals surface area (Å²) in [7, 11) is 0. The van der Waals surface area contributed by atoms with Gasteiger partial charge in [-0.2, -0.15) is 0 Å². The molecule has 0 amide bonds. The molecule has 3 heteroatoms. The topological polar surface area (TPSA) is 36.4 Å². The number of anilines is 1. The SMILES string of the molecule is CCc1cc(CO)cc(N(CC)CC(C)C)n1. The Morgan fingerprint density at radius 3 is 2.47 bits per heavy atom. The molecule has 0 aliphatic rings. The van der Waals surface area contributed by atoms with Crippen molar-refractivity contribution in [1.82, 2.24) is 4.98 Å². The highest BCUT2D eigenvalue weighted by atomic mass is 16.3. The molecule has 1 N–H and O–H groups in total. The van der Waals surface area contributed by atoms with Crippen molar-refractivity contribution >= 4 is 5.82 Å². The predicted molar refractivity (Wildman–Crippen MR) is 72.3 cm³/mol. The molecule has 0 atom stereocenters. The summed E-state index contributed by atoms with van der Waals surface area (Å²) in [4.78, 5) is 6.91. The van der Waals surface area contributed by atoms with E-state index in [4.69, 9.17) is 0 Å². The molecule has 0 aliphatic carbocycles. The van der Waals surface area contributed by atoms with Crippen LogP contribution in [-0.4, -0.2) is 23.2 Å². The van der Waals surface area contributed by atoms with Gasteiger partial charge in [-0.15, -0.1) is 0 Å². The number of pyridine rings is 1. The third-order valence-corrected chi connectivity index (χ3v) is 2.76. The van der Waals surface area contributed by atoms with Gasteiger partial charge in [0.05, 0.1) is 6.61 Å². The van der Waals surface area contributed by atoms with Gasteiger partial charge in [0, 0.05) is 18.8 Å².